The van der Waals surface area contributed by atoms with Gasteiger partial charge in [0, 0.05) is 5.69 Å². The number of phenols is 1. The van der Waals surface area contributed by atoms with Gasteiger partial charge in [0.05, 0.1) is 5.56 Å². The summed E-state index contributed by atoms with van der Waals surface area (Å²) in [5.74, 6) is -0.363. The summed E-state index contributed by atoms with van der Waals surface area (Å²) in [6, 6.07) is 7.06. The van der Waals surface area contributed by atoms with Crippen molar-refractivity contribution in [2.45, 2.75) is 0 Å². The number of carbonyl (C=O) groups is 1. The lowest BCUT2D eigenvalue weighted by Gasteiger charge is -2.02. The van der Waals surface area contributed by atoms with Crippen molar-refractivity contribution in [1.82, 2.24) is 0 Å². The first-order valence-corrected chi connectivity index (χ1v) is 4.84. The Labute approximate surface area is 96.2 Å². The molecule has 1 aromatic carbocycles. The van der Waals surface area contributed by atoms with Crippen molar-refractivity contribution >= 4 is 23.1 Å². The highest BCUT2D eigenvalue weighted by atomic mass is 35.5. The lowest BCUT2D eigenvalue weighted by Crippen LogP contribution is -2.03. The maximum atomic E-state index is 11.9. The van der Waals surface area contributed by atoms with E-state index >= 15 is 0 Å². The van der Waals surface area contributed by atoms with Crippen LogP contribution in [-0.2, 0) is 0 Å². The Morgan fingerprint density at radius 2 is 2.06 bits per heavy atom. The Bertz CT molecular complexity index is 548. The summed E-state index contributed by atoms with van der Waals surface area (Å²) in [6.07, 6.45) is 0. The number of hydrogen-bond acceptors (Lipinski definition) is 4. The highest BCUT2D eigenvalue weighted by Gasteiger charge is 2.16. The van der Waals surface area contributed by atoms with Crippen molar-refractivity contribution in [2.75, 3.05) is 5.73 Å². The van der Waals surface area contributed by atoms with Crippen LogP contribution in [0.15, 0.2) is 34.7 Å². The molecule has 1 aromatic heterocycles. The second kappa shape index (κ2) is 3.90. The molecule has 0 fully saturated rings. The van der Waals surface area contributed by atoms with Crippen LogP contribution in [0, 0.1) is 0 Å². The van der Waals surface area contributed by atoms with Gasteiger partial charge in [-0.25, -0.2) is 0 Å². The van der Waals surface area contributed by atoms with E-state index in [0.29, 0.717) is 0 Å². The van der Waals surface area contributed by atoms with Crippen molar-refractivity contribution in [1.29, 1.82) is 0 Å². The first-order chi connectivity index (χ1) is 7.58. The molecule has 0 bridgehead atoms. The molecule has 0 atom stereocenters. The number of phenolic OH excluding ortho intramolecular Hbond substituents is 1. The molecule has 2 aromatic rings. The molecule has 82 valence electrons. The first kappa shape index (κ1) is 10.6. The Balaban J connectivity index is 2.45. The van der Waals surface area contributed by atoms with E-state index < -0.39 is 5.78 Å². The van der Waals surface area contributed by atoms with E-state index in [1.165, 1.54) is 30.3 Å². The summed E-state index contributed by atoms with van der Waals surface area (Å²) in [4.78, 5) is 11.9. The number of furan rings is 1. The predicted octanol–water partition coefficient (Wildman–Crippen LogP) is 2.45. The molecule has 0 spiro atoms. The molecule has 0 saturated heterocycles. The fourth-order valence-electron chi connectivity index (χ4n) is 1.31. The van der Waals surface area contributed by atoms with Gasteiger partial charge < -0.3 is 15.3 Å². The number of aromatic hydroxyl groups is 1. The first-order valence-electron chi connectivity index (χ1n) is 4.46. The van der Waals surface area contributed by atoms with Gasteiger partial charge in [0.2, 0.25) is 5.78 Å². The summed E-state index contributed by atoms with van der Waals surface area (Å²) in [5.41, 5.74) is 6.09. The van der Waals surface area contributed by atoms with Crippen LogP contribution in [0.4, 0.5) is 5.69 Å². The van der Waals surface area contributed by atoms with Gasteiger partial charge in [-0.3, -0.25) is 4.79 Å². The molecule has 0 amide bonds. The number of ketones is 1. The molecule has 0 aliphatic carbocycles. The molecule has 4 nitrogen and oxygen atoms in total. The maximum absolute atomic E-state index is 11.9. The monoisotopic (exact) mass is 237 g/mol. The largest absolute Gasteiger partial charge is 0.508 e. The lowest BCUT2D eigenvalue weighted by atomic mass is 10.1. The molecule has 0 unspecified atom stereocenters. The number of benzene rings is 1. The van der Waals surface area contributed by atoms with Crippen molar-refractivity contribution in [3.8, 4) is 5.75 Å². The Morgan fingerprint density at radius 3 is 2.69 bits per heavy atom. The number of nitrogen functional groups attached to an aromatic ring is 1. The minimum atomic E-state index is -0.416. The molecule has 5 heteroatoms. The zero-order chi connectivity index (χ0) is 11.7. The normalized spacial score (nSPS) is 10.3. The van der Waals surface area contributed by atoms with Gasteiger partial charge in [0.1, 0.15) is 5.75 Å². The third-order valence-electron chi connectivity index (χ3n) is 2.08. The Hall–Kier alpha value is -1.94. The zero-order valence-corrected chi connectivity index (χ0v) is 8.86. The molecular weight excluding hydrogens is 230 g/mol. The van der Waals surface area contributed by atoms with Gasteiger partial charge >= 0.3 is 0 Å². The van der Waals surface area contributed by atoms with Crippen molar-refractivity contribution in [2.24, 2.45) is 0 Å². The Morgan fingerprint density at radius 1 is 1.31 bits per heavy atom. The lowest BCUT2D eigenvalue weighted by molar-refractivity contribution is 0.101. The van der Waals surface area contributed by atoms with Crippen molar-refractivity contribution in [3.05, 3.63) is 46.9 Å². The quantitative estimate of drug-likeness (QED) is 0.478. The van der Waals surface area contributed by atoms with E-state index in [9.17, 15) is 9.90 Å². The van der Waals surface area contributed by atoms with Crippen molar-refractivity contribution in [3.63, 3.8) is 0 Å². The smallest absolute Gasteiger partial charge is 0.230 e. The van der Waals surface area contributed by atoms with Crippen LogP contribution in [0.25, 0.3) is 0 Å². The van der Waals surface area contributed by atoms with Gasteiger partial charge in [0.15, 0.2) is 11.0 Å². The molecule has 0 saturated carbocycles. The molecule has 16 heavy (non-hydrogen) atoms. The fraction of sp³-hybridized carbons (Fsp3) is 0. The van der Waals surface area contributed by atoms with E-state index in [4.69, 9.17) is 21.8 Å². The SMILES string of the molecule is Nc1ccc(O)cc1C(=O)c1ccc(Cl)o1. The van der Waals surface area contributed by atoms with E-state index in [0.717, 1.165) is 0 Å². The molecule has 2 rings (SSSR count). The molecule has 0 aliphatic rings. The number of halogens is 1. The summed E-state index contributed by atoms with van der Waals surface area (Å²) in [5, 5.41) is 9.40. The minimum absolute atomic E-state index is 0.0322. The molecule has 3 N–H and O–H groups in total. The van der Waals surface area contributed by atoms with E-state index in [1.807, 2.05) is 0 Å². The number of anilines is 1. The number of rotatable bonds is 2. The van der Waals surface area contributed by atoms with Gasteiger partial charge in [-0.15, -0.1) is 0 Å². The van der Waals surface area contributed by atoms with Crippen LogP contribution in [0.5, 0.6) is 5.75 Å². The van der Waals surface area contributed by atoms with E-state index in [-0.39, 0.29) is 28.0 Å². The summed E-state index contributed by atoms with van der Waals surface area (Å²) < 4.78 is 4.97. The molecular formula is C11H8ClNO3. The summed E-state index contributed by atoms with van der Waals surface area (Å²) >= 11 is 5.56. The van der Waals surface area contributed by atoms with E-state index in [2.05, 4.69) is 0 Å². The number of hydrogen-bond donors (Lipinski definition) is 2. The topological polar surface area (TPSA) is 76.5 Å². The van der Waals surface area contributed by atoms with Gasteiger partial charge in [-0.05, 0) is 41.9 Å². The second-order valence-corrected chi connectivity index (χ2v) is 3.58. The van der Waals surface area contributed by atoms with Crippen LogP contribution in [0.2, 0.25) is 5.22 Å². The second-order valence-electron chi connectivity index (χ2n) is 3.20. The summed E-state index contributed by atoms with van der Waals surface area (Å²) in [6.45, 7) is 0. The Kier molecular flexibility index (Phi) is 2.58. The third kappa shape index (κ3) is 1.87. The van der Waals surface area contributed by atoms with E-state index in [1.54, 1.807) is 0 Å². The van der Waals surface area contributed by atoms with Crippen LogP contribution in [0.1, 0.15) is 16.1 Å². The molecule has 0 radical (unpaired) electrons. The fourth-order valence-corrected chi connectivity index (χ4v) is 1.46. The third-order valence-corrected chi connectivity index (χ3v) is 2.28. The van der Waals surface area contributed by atoms with Crippen LogP contribution < -0.4 is 5.73 Å². The highest BCUT2D eigenvalue weighted by Crippen LogP contribution is 2.23. The van der Waals surface area contributed by atoms with Gasteiger partial charge in [-0.1, -0.05) is 0 Å². The average molecular weight is 238 g/mol. The summed E-state index contributed by atoms with van der Waals surface area (Å²) in [7, 11) is 0. The molecule has 0 aliphatic heterocycles. The minimum Gasteiger partial charge on any atom is -0.508 e. The van der Waals surface area contributed by atoms with Gasteiger partial charge in [0.25, 0.3) is 0 Å². The van der Waals surface area contributed by atoms with Gasteiger partial charge in [-0.2, -0.15) is 0 Å². The standard InChI is InChI=1S/C11H8ClNO3/c12-10-4-3-9(16-10)11(15)7-5-6(14)1-2-8(7)13/h1-5,14H,13H2. The molecule has 1 heterocycles. The maximum Gasteiger partial charge on any atom is 0.230 e. The zero-order valence-electron chi connectivity index (χ0n) is 8.11. The van der Waals surface area contributed by atoms with Crippen LogP contribution in [-0.4, -0.2) is 10.9 Å². The average Bonchev–Trinajstić information content (AvgIpc) is 2.67. The van der Waals surface area contributed by atoms with Crippen LogP contribution >= 0.6 is 11.6 Å². The number of nitrogens with two attached hydrogens (primary N) is 1. The van der Waals surface area contributed by atoms with Crippen LogP contribution in [0.3, 0.4) is 0 Å². The van der Waals surface area contributed by atoms with Crippen molar-refractivity contribution < 1.29 is 14.3 Å². The highest BCUT2D eigenvalue weighted by molar-refractivity contribution is 6.29. The predicted molar refractivity (Wildman–Crippen MR) is 59.7 cm³/mol. The number of carbonyl (C=O) groups excluding carboxylic acids is 1.